The van der Waals surface area contributed by atoms with Gasteiger partial charge in [0.25, 0.3) is 0 Å². The predicted octanol–water partition coefficient (Wildman–Crippen LogP) is 4.15. The van der Waals surface area contributed by atoms with E-state index in [4.69, 9.17) is 13.7 Å². The van der Waals surface area contributed by atoms with Gasteiger partial charge >= 0.3 is 33.9 Å². The number of carbonyl (C=O) groups is 2. The fourth-order valence-corrected chi connectivity index (χ4v) is 4.69. The maximum absolute atomic E-state index is 12.5. The van der Waals surface area contributed by atoms with Gasteiger partial charge in [0.2, 0.25) is 0 Å². The van der Waals surface area contributed by atoms with Crippen molar-refractivity contribution in [3.63, 3.8) is 0 Å². The molecule has 0 spiro atoms. The van der Waals surface area contributed by atoms with Gasteiger partial charge in [-0.05, 0) is 79.5 Å². The molecular weight excluding hydrogens is 488 g/mol. The van der Waals surface area contributed by atoms with Crippen molar-refractivity contribution in [2.75, 3.05) is 16.9 Å². The first-order valence-electron chi connectivity index (χ1n) is 11.4. The van der Waals surface area contributed by atoms with Crippen molar-refractivity contribution in [1.29, 1.82) is 0 Å². The molecule has 0 saturated heterocycles. The van der Waals surface area contributed by atoms with Gasteiger partial charge in [0.05, 0.1) is 6.26 Å². The number of hydrogen-bond acceptors (Lipinski definition) is 9. The summed E-state index contributed by atoms with van der Waals surface area (Å²) in [5.74, 6) is -0.732. The minimum Gasteiger partial charge on any atom is -0.481 e. The highest BCUT2D eigenvalue weighted by atomic mass is 32.2. The molecule has 0 aliphatic heterocycles. The molecular formula is C24H26N4O7S. The van der Waals surface area contributed by atoms with Crippen molar-refractivity contribution in [3.8, 4) is 5.75 Å². The Morgan fingerprint density at radius 2 is 1.64 bits per heavy atom. The van der Waals surface area contributed by atoms with Gasteiger partial charge in [0, 0.05) is 17.8 Å². The zero-order valence-corrected chi connectivity index (χ0v) is 20.3. The lowest BCUT2D eigenvalue weighted by molar-refractivity contribution is -0.138. The standard InChI is InChI=1S/C24H26N4O7S/c1-36(32,33)35-20-12-10-19(11-13-20)26-24-28-27-23(34-24)22(31)25-18-8-6-17(7-9-18)16-4-2-15(3-5-16)14-21(29)30/h6-13,15-16H,2-5,14H2,1H3,(H,25,31)(H,26,28)(H,29,30)/t15-,16-. The van der Waals surface area contributed by atoms with Crippen LogP contribution < -0.4 is 14.8 Å². The number of aliphatic carboxylic acids is 1. The van der Waals surface area contributed by atoms with E-state index < -0.39 is 22.0 Å². The number of benzene rings is 2. The Bertz CT molecular complexity index is 1310. The van der Waals surface area contributed by atoms with Gasteiger partial charge < -0.3 is 24.3 Å². The number of carbonyl (C=O) groups excluding carboxylic acids is 1. The number of amides is 1. The number of anilines is 3. The molecule has 1 amide bonds. The average molecular weight is 515 g/mol. The monoisotopic (exact) mass is 514 g/mol. The van der Waals surface area contributed by atoms with Gasteiger partial charge in [-0.1, -0.05) is 17.2 Å². The molecule has 1 aliphatic carbocycles. The average Bonchev–Trinajstić information content (AvgIpc) is 3.29. The minimum absolute atomic E-state index is 0.00854. The molecule has 3 aromatic rings. The van der Waals surface area contributed by atoms with E-state index in [0.717, 1.165) is 31.9 Å². The van der Waals surface area contributed by atoms with Crippen molar-refractivity contribution < 1.29 is 31.7 Å². The molecule has 36 heavy (non-hydrogen) atoms. The molecule has 2 aromatic carbocycles. The Balaban J connectivity index is 1.29. The van der Waals surface area contributed by atoms with Crippen molar-refractivity contribution in [1.82, 2.24) is 10.2 Å². The van der Waals surface area contributed by atoms with Crippen LogP contribution in [0.15, 0.2) is 52.9 Å². The molecule has 1 heterocycles. The van der Waals surface area contributed by atoms with Crippen LogP contribution in [0.5, 0.6) is 5.75 Å². The number of nitrogens with zero attached hydrogens (tertiary/aromatic N) is 2. The van der Waals surface area contributed by atoms with Crippen LogP contribution in [-0.4, -0.2) is 41.9 Å². The number of aromatic nitrogens is 2. The normalized spacial score (nSPS) is 17.8. The Morgan fingerprint density at radius 1 is 1.00 bits per heavy atom. The largest absolute Gasteiger partial charge is 0.481 e. The second-order valence-corrected chi connectivity index (χ2v) is 10.3. The number of carboxylic acids is 1. The van der Waals surface area contributed by atoms with E-state index in [1.807, 2.05) is 24.3 Å². The summed E-state index contributed by atoms with van der Waals surface area (Å²) in [6, 6.07) is 13.6. The topological polar surface area (TPSA) is 161 Å². The van der Waals surface area contributed by atoms with Crippen LogP contribution in [0.1, 0.15) is 54.3 Å². The molecule has 190 valence electrons. The molecule has 12 heteroatoms. The van der Waals surface area contributed by atoms with E-state index in [1.54, 1.807) is 12.1 Å². The second kappa shape index (κ2) is 10.8. The van der Waals surface area contributed by atoms with Gasteiger partial charge in [0.1, 0.15) is 5.75 Å². The third kappa shape index (κ3) is 7.04. The Kier molecular flexibility index (Phi) is 7.53. The van der Waals surface area contributed by atoms with E-state index in [1.165, 1.54) is 17.7 Å². The molecule has 4 rings (SSSR count). The van der Waals surface area contributed by atoms with Crippen LogP contribution >= 0.6 is 0 Å². The zero-order valence-electron chi connectivity index (χ0n) is 19.5. The molecule has 0 bridgehead atoms. The summed E-state index contributed by atoms with van der Waals surface area (Å²) < 4.78 is 32.5. The van der Waals surface area contributed by atoms with Crippen LogP contribution in [0.25, 0.3) is 0 Å². The summed E-state index contributed by atoms with van der Waals surface area (Å²) in [7, 11) is -3.62. The minimum atomic E-state index is -3.62. The van der Waals surface area contributed by atoms with E-state index in [0.29, 0.717) is 17.3 Å². The second-order valence-electron chi connectivity index (χ2n) is 8.74. The lowest BCUT2D eigenvalue weighted by Gasteiger charge is -2.28. The molecule has 1 fully saturated rings. The third-order valence-electron chi connectivity index (χ3n) is 5.92. The molecule has 11 nitrogen and oxygen atoms in total. The fourth-order valence-electron chi connectivity index (χ4n) is 4.23. The van der Waals surface area contributed by atoms with Crippen LogP contribution in [0.3, 0.4) is 0 Å². The maximum Gasteiger partial charge on any atom is 0.320 e. The molecule has 0 unspecified atom stereocenters. The van der Waals surface area contributed by atoms with Crippen molar-refractivity contribution in [2.24, 2.45) is 5.92 Å². The van der Waals surface area contributed by atoms with Crippen LogP contribution in [-0.2, 0) is 14.9 Å². The quantitative estimate of drug-likeness (QED) is 0.354. The summed E-state index contributed by atoms with van der Waals surface area (Å²) >= 11 is 0. The first kappa shape index (κ1) is 25.2. The summed E-state index contributed by atoms with van der Waals surface area (Å²) in [6.07, 6.45) is 4.90. The van der Waals surface area contributed by atoms with E-state index in [-0.39, 0.29) is 30.0 Å². The van der Waals surface area contributed by atoms with E-state index in [9.17, 15) is 18.0 Å². The van der Waals surface area contributed by atoms with Gasteiger partial charge in [-0.25, -0.2) is 0 Å². The van der Waals surface area contributed by atoms with Gasteiger partial charge in [0.15, 0.2) is 0 Å². The molecule has 1 aromatic heterocycles. The zero-order chi connectivity index (χ0) is 25.7. The van der Waals surface area contributed by atoms with Gasteiger partial charge in [-0.15, -0.1) is 5.10 Å². The highest BCUT2D eigenvalue weighted by molar-refractivity contribution is 7.86. The SMILES string of the molecule is CS(=O)(=O)Oc1ccc(Nc2nnc(C(=O)Nc3ccc([C@H]4CC[C@H](CC(=O)O)CC4)cc3)o2)cc1. The Morgan fingerprint density at radius 3 is 2.25 bits per heavy atom. The Labute approximate surface area is 208 Å². The number of rotatable bonds is 9. The molecule has 0 radical (unpaired) electrons. The number of hydrogen-bond donors (Lipinski definition) is 3. The third-order valence-corrected chi connectivity index (χ3v) is 6.42. The van der Waals surface area contributed by atoms with Crippen LogP contribution in [0.2, 0.25) is 0 Å². The predicted molar refractivity (Wildman–Crippen MR) is 131 cm³/mol. The smallest absolute Gasteiger partial charge is 0.320 e. The number of nitrogens with one attached hydrogen (secondary N) is 2. The summed E-state index contributed by atoms with van der Waals surface area (Å²) in [6.45, 7) is 0. The van der Waals surface area contributed by atoms with Crippen LogP contribution in [0, 0.1) is 5.92 Å². The lowest BCUT2D eigenvalue weighted by Crippen LogP contribution is -2.16. The summed E-state index contributed by atoms with van der Waals surface area (Å²) in [5, 5.41) is 22.1. The Hall–Kier alpha value is -3.93. The van der Waals surface area contributed by atoms with Crippen molar-refractivity contribution >= 4 is 39.4 Å². The van der Waals surface area contributed by atoms with Gasteiger partial charge in [-0.2, -0.15) is 8.42 Å². The van der Waals surface area contributed by atoms with Crippen molar-refractivity contribution in [2.45, 2.75) is 38.0 Å². The highest BCUT2D eigenvalue weighted by Gasteiger charge is 2.24. The first-order chi connectivity index (χ1) is 17.1. The van der Waals surface area contributed by atoms with Gasteiger partial charge in [-0.3, -0.25) is 9.59 Å². The van der Waals surface area contributed by atoms with E-state index >= 15 is 0 Å². The summed E-state index contributed by atoms with van der Waals surface area (Å²) in [5.41, 5.74) is 2.27. The molecule has 0 atom stereocenters. The number of carboxylic acid groups (broad SMARTS) is 1. The lowest BCUT2D eigenvalue weighted by atomic mass is 9.77. The molecule has 1 saturated carbocycles. The first-order valence-corrected chi connectivity index (χ1v) is 13.2. The maximum atomic E-state index is 12.5. The van der Waals surface area contributed by atoms with Crippen molar-refractivity contribution in [3.05, 3.63) is 60.0 Å². The highest BCUT2D eigenvalue weighted by Crippen LogP contribution is 2.37. The van der Waals surface area contributed by atoms with Crippen LogP contribution in [0.4, 0.5) is 17.4 Å². The molecule has 1 aliphatic rings. The molecule has 3 N–H and O–H groups in total. The van der Waals surface area contributed by atoms with E-state index in [2.05, 4.69) is 20.8 Å². The fraction of sp³-hybridized carbons (Fsp3) is 0.333. The summed E-state index contributed by atoms with van der Waals surface area (Å²) in [4.78, 5) is 23.4.